The Bertz CT molecular complexity index is 964. The topological polar surface area (TPSA) is 75.9 Å². The van der Waals surface area contributed by atoms with Crippen molar-refractivity contribution in [1.29, 1.82) is 0 Å². The lowest BCUT2D eigenvalue weighted by Crippen LogP contribution is -2.50. The third-order valence-electron chi connectivity index (χ3n) is 4.92. The first-order chi connectivity index (χ1) is 13.6. The van der Waals surface area contributed by atoms with Gasteiger partial charge in [-0.25, -0.2) is 0 Å². The van der Waals surface area contributed by atoms with Crippen molar-refractivity contribution in [1.82, 2.24) is 30.4 Å². The number of hydrogen-bond donors (Lipinski definition) is 1. The first-order valence-corrected chi connectivity index (χ1v) is 9.63. The second kappa shape index (κ2) is 9.35. The van der Waals surface area contributed by atoms with Gasteiger partial charge in [-0.3, -0.25) is 4.79 Å². The van der Waals surface area contributed by atoms with Crippen LogP contribution in [0.5, 0.6) is 0 Å². The monoisotopic (exact) mass is 432 g/mol. The van der Waals surface area contributed by atoms with Crippen LogP contribution in [0.3, 0.4) is 0 Å². The Kier molecular flexibility index (Phi) is 6.84. The number of nitrogens with zero attached hydrogens (tertiary/aromatic N) is 5. The fourth-order valence-electron chi connectivity index (χ4n) is 3.41. The van der Waals surface area contributed by atoms with Crippen molar-refractivity contribution < 1.29 is 4.79 Å². The maximum Gasteiger partial charge on any atom is 0.249 e. The second-order valence-electron chi connectivity index (χ2n) is 6.78. The van der Waals surface area contributed by atoms with E-state index < -0.39 is 6.04 Å². The summed E-state index contributed by atoms with van der Waals surface area (Å²) in [6.07, 6.45) is 0. The number of amides is 1. The minimum Gasteiger partial charge on any atom is -0.331 e. The minimum absolute atomic E-state index is 0. The summed E-state index contributed by atoms with van der Waals surface area (Å²) in [5.41, 5.74) is 1.88. The number of tetrazole rings is 1. The molecule has 2 heterocycles. The zero-order valence-corrected chi connectivity index (χ0v) is 17.5. The molecule has 0 bridgehead atoms. The van der Waals surface area contributed by atoms with Gasteiger partial charge >= 0.3 is 0 Å². The molecule has 1 aliphatic heterocycles. The fourth-order valence-corrected chi connectivity index (χ4v) is 3.61. The van der Waals surface area contributed by atoms with Crippen LogP contribution in [0, 0.1) is 0 Å². The summed E-state index contributed by atoms with van der Waals surface area (Å²) < 4.78 is 0. The fraction of sp³-hybridized carbons (Fsp3) is 0.300. The van der Waals surface area contributed by atoms with E-state index in [1.54, 1.807) is 6.92 Å². The van der Waals surface area contributed by atoms with Gasteiger partial charge in [-0.2, -0.15) is 4.80 Å². The highest BCUT2D eigenvalue weighted by atomic mass is 35.5. The average Bonchev–Trinajstić information content (AvgIpc) is 3.24. The molecule has 7 nitrogen and oxygen atoms in total. The van der Waals surface area contributed by atoms with Gasteiger partial charge in [0.25, 0.3) is 0 Å². The number of carbonyl (C=O) groups is 1. The lowest BCUT2D eigenvalue weighted by atomic mass is 10.0. The van der Waals surface area contributed by atoms with Crippen LogP contribution in [0.15, 0.2) is 54.6 Å². The van der Waals surface area contributed by atoms with Gasteiger partial charge in [0.2, 0.25) is 11.7 Å². The first-order valence-electron chi connectivity index (χ1n) is 9.25. The van der Waals surface area contributed by atoms with E-state index in [2.05, 4.69) is 20.7 Å². The molecule has 2 aromatic carbocycles. The van der Waals surface area contributed by atoms with E-state index in [9.17, 15) is 4.79 Å². The molecule has 0 radical (unpaired) electrons. The van der Waals surface area contributed by atoms with Crippen molar-refractivity contribution >= 4 is 29.9 Å². The van der Waals surface area contributed by atoms with Gasteiger partial charge in [0.1, 0.15) is 6.04 Å². The van der Waals surface area contributed by atoms with Crippen molar-refractivity contribution in [2.45, 2.75) is 19.0 Å². The number of hydrogen-bond acceptors (Lipinski definition) is 5. The van der Waals surface area contributed by atoms with Crippen LogP contribution < -0.4 is 5.32 Å². The highest BCUT2D eigenvalue weighted by Gasteiger charge is 2.32. The smallest absolute Gasteiger partial charge is 0.249 e. The normalized spacial score (nSPS) is 17.4. The van der Waals surface area contributed by atoms with Crippen LogP contribution in [0.2, 0.25) is 5.02 Å². The minimum atomic E-state index is -0.551. The Morgan fingerprint density at radius 3 is 2.76 bits per heavy atom. The van der Waals surface area contributed by atoms with E-state index in [4.69, 9.17) is 11.6 Å². The molecule has 29 heavy (non-hydrogen) atoms. The summed E-state index contributed by atoms with van der Waals surface area (Å²) in [5, 5.41) is 16.7. The number of aromatic nitrogens is 4. The maximum atomic E-state index is 13.2. The predicted molar refractivity (Wildman–Crippen MR) is 114 cm³/mol. The molecule has 0 aliphatic carbocycles. The molecule has 2 atom stereocenters. The lowest BCUT2D eigenvalue weighted by molar-refractivity contribution is -0.138. The largest absolute Gasteiger partial charge is 0.331 e. The van der Waals surface area contributed by atoms with E-state index in [0.29, 0.717) is 23.9 Å². The summed E-state index contributed by atoms with van der Waals surface area (Å²) in [6.45, 7) is 3.84. The molecule has 3 aromatic rings. The number of piperazine rings is 1. The van der Waals surface area contributed by atoms with Crippen molar-refractivity contribution in [2.24, 2.45) is 0 Å². The number of halogens is 2. The van der Waals surface area contributed by atoms with Crippen LogP contribution in [0.25, 0.3) is 11.4 Å². The molecule has 1 aliphatic rings. The van der Waals surface area contributed by atoms with Gasteiger partial charge in [0.05, 0.1) is 6.04 Å². The molecule has 152 valence electrons. The zero-order chi connectivity index (χ0) is 19.5. The van der Waals surface area contributed by atoms with E-state index >= 15 is 0 Å². The van der Waals surface area contributed by atoms with Crippen molar-refractivity contribution in [3.8, 4) is 11.4 Å². The van der Waals surface area contributed by atoms with E-state index in [-0.39, 0.29) is 24.4 Å². The molecule has 4 rings (SSSR count). The van der Waals surface area contributed by atoms with Crippen LogP contribution in [-0.4, -0.2) is 50.6 Å². The van der Waals surface area contributed by atoms with Crippen LogP contribution >= 0.6 is 24.0 Å². The predicted octanol–water partition coefficient (Wildman–Crippen LogP) is 3.15. The van der Waals surface area contributed by atoms with Gasteiger partial charge in [-0.05, 0) is 29.8 Å². The van der Waals surface area contributed by atoms with Gasteiger partial charge in [0.15, 0.2) is 0 Å². The van der Waals surface area contributed by atoms with E-state index in [1.165, 1.54) is 4.80 Å². The van der Waals surface area contributed by atoms with Crippen LogP contribution in [-0.2, 0) is 4.79 Å². The molecule has 2 unspecified atom stereocenters. The molecular formula is C20H22Cl2N6O. The highest BCUT2D eigenvalue weighted by Crippen LogP contribution is 2.27. The average molecular weight is 433 g/mol. The Morgan fingerprint density at radius 2 is 2.00 bits per heavy atom. The maximum absolute atomic E-state index is 13.2. The summed E-state index contributed by atoms with van der Waals surface area (Å²) in [4.78, 5) is 16.5. The van der Waals surface area contributed by atoms with Crippen molar-refractivity contribution in [3.05, 3.63) is 65.2 Å². The van der Waals surface area contributed by atoms with Crippen molar-refractivity contribution in [2.75, 3.05) is 19.6 Å². The molecule has 0 saturated carbocycles. The van der Waals surface area contributed by atoms with Crippen LogP contribution in [0.1, 0.15) is 24.6 Å². The quantitative estimate of drug-likeness (QED) is 0.684. The molecule has 1 fully saturated rings. The molecule has 9 heteroatoms. The number of benzene rings is 2. The molecule has 0 spiro atoms. The molecule has 1 saturated heterocycles. The summed E-state index contributed by atoms with van der Waals surface area (Å²) >= 11 is 6.15. The van der Waals surface area contributed by atoms with Gasteiger partial charge in [0, 0.05) is 30.2 Å². The molecule has 1 amide bonds. The molecular weight excluding hydrogens is 411 g/mol. The highest BCUT2D eigenvalue weighted by molar-refractivity contribution is 6.30. The first kappa shape index (κ1) is 21.2. The third-order valence-corrected chi connectivity index (χ3v) is 5.16. The SMILES string of the molecule is CC(C(=O)N1CCNCC1c1cccc(Cl)c1)n1nnc(-c2ccccc2)n1.Cl. The Balaban J connectivity index is 0.00000240. The Labute approximate surface area is 180 Å². The van der Waals surface area contributed by atoms with Gasteiger partial charge < -0.3 is 10.2 Å². The summed E-state index contributed by atoms with van der Waals surface area (Å²) in [7, 11) is 0. The van der Waals surface area contributed by atoms with Gasteiger partial charge in [-0.15, -0.1) is 22.6 Å². The number of nitrogens with one attached hydrogen (secondary N) is 1. The van der Waals surface area contributed by atoms with E-state index in [1.807, 2.05) is 59.5 Å². The zero-order valence-electron chi connectivity index (χ0n) is 15.9. The summed E-state index contributed by atoms with van der Waals surface area (Å²) in [5.74, 6) is 0.468. The lowest BCUT2D eigenvalue weighted by Gasteiger charge is -2.37. The number of rotatable bonds is 4. The third kappa shape index (κ3) is 4.58. The second-order valence-corrected chi connectivity index (χ2v) is 7.22. The Hall–Kier alpha value is -2.48. The standard InChI is InChI=1S/C20H21ClN6O.ClH/c1-14(27-24-19(23-25-27)15-6-3-2-4-7-15)20(28)26-11-10-22-13-18(26)16-8-5-9-17(21)12-16;/h2-9,12,14,18,22H,10-11,13H2,1H3;1H. The Morgan fingerprint density at radius 1 is 1.21 bits per heavy atom. The van der Waals surface area contributed by atoms with Crippen LogP contribution in [0.4, 0.5) is 0 Å². The number of carbonyl (C=O) groups excluding carboxylic acids is 1. The van der Waals surface area contributed by atoms with Gasteiger partial charge in [-0.1, -0.05) is 54.1 Å². The molecule has 1 N–H and O–H groups in total. The molecule has 1 aromatic heterocycles. The van der Waals surface area contributed by atoms with Crippen molar-refractivity contribution in [3.63, 3.8) is 0 Å². The van der Waals surface area contributed by atoms with E-state index in [0.717, 1.165) is 17.7 Å². The summed E-state index contributed by atoms with van der Waals surface area (Å²) in [6, 6.07) is 16.6.